The number of halogens is 3. The molecule has 0 aromatic heterocycles. The predicted molar refractivity (Wildman–Crippen MR) is 120 cm³/mol. The SMILES string of the molecule is O=[N+]([O-])c1cc2c(cc1OCCCCN1CCN(c3ccccc3C(F)(F)F)CC1)CCC2. The van der Waals surface area contributed by atoms with Crippen LogP contribution < -0.4 is 9.64 Å². The highest BCUT2D eigenvalue weighted by atomic mass is 19.4. The van der Waals surface area contributed by atoms with Crippen LogP contribution in [0.4, 0.5) is 24.5 Å². The highest BCUT2D eigenvalue weighted by molar-refractivity contribution is 5.55. The van der Waals surface area contributed by atoms with Crippen LogP contribution in [0.5, 0.6) is 5.75 Å². The smallest absolute Gasteiger partial charge is 0.418 e. The zero-order valence-corrected chi connectivity index (χ0v) is 18.4. The van der Waals surface area contributed by atoms with Gasteiger partial charge in [0.1, 0.15) is 0 Å². The monoisotopic (exact) mass is 463 g/mol. The van der Waals surface area contributed by atoms with Crippen molar-refractivity contribution in [2.45, 2.75) is 38.3 Å². The number of anilines is 1. The lowest BCUT2D eigenvalue weighted by molar-refractivity contribution is -0.385. The summed E-state index contributed by atoms with van der Waals surface area (Å²) in [7, 11) is 0. The van der Waals surface area contributed by atoms with Gasteiger partial charge >= 0.3 is 11.9 Å². The number of nitro benzene ring substituents is 1. The highest BCUT2D eigenvalue weighted by Gasteiger charge is 2.35. The molecule has 1 aliphatic carbocycles. The van der Waals surface area contributed by atoms with Gasteiger partial charge in [-0.25, -0.2) is 0 Å². The number of aryl methyl sites for hydroxylation is 2. The summed E-state index contributed by atoms with van der Waals surface area (Å²) in [5.41, 5.74) is 1.88. The van der Waals surface area contributed by atoms with E-state index >= 15 is 0 Å². The normalized spacial score (nSPS) is 16.6. The maximum atomic E-state index is 13.3. The number of hydrogen-bond acceptors (Lipinski definition) is 5. The van der Waals surface area contributed by atoms with E-state index in [0.717, 1.165) is 55.8 Å². The molecule has 1 fully saturated rings. The number of piperazine rings is 1. The van der Waals surface area contributed by atoms with Crippen molar-refractivity contribution >= 4 is 11.4 Å². The van der Waals surface area contributed by atoms with Crippen LogP contribution in [0.1, 0.15) is 36.0 Å². The average molecular weight is 464 g/mol. The van der Waals surface area contributed by atoms with E-state index in [1.807, 2.05) is 6.07 Å². The highest BCUT2D eigenvalue weighted by Crippen LogP contribution is 2.37. The third-order valence-corrected chi connectivity index (χ3v) is 6.42. The molecule has 1 aliphatic heterocycles. The molecule has 0 amide bonds. The second-order valence-corrected chi connectivity index (χ2v) is 8.60. The van der Waals surface area contributed by atoms with Gasteiger partial charge in [-0.1, -0.05) is 12.1 Å². The summed E-state index contributed by atoms with van der Waals surface area (Å²) in [6.07, 6.45) is 0.0878. The minimum atomic E-state index is -4.36. The molecular weight excluding hydrogens is 435 g/mol. The lowest BCUT2D eigenvalue weighted by Gasteiger charge is -2.37. The molecule has 0 bridgehead atoms. The van der Waals surface area contributed by atoms with Crippen LogP contribution >= 0.6 is 0 Å². The summed E-state index contributed by atoms with van der Waals surface area (Å²) in [6, 6.07) is 9.19. The first kappa shape index (κ1) is 23.4. The largest absolute Gasteiger partial charge is 0.487 e. The summed E-state index contributed by atoms with van der Waals surface area (Å²) in [5.74, 6) is 0.345. The van der Waals surface area contributed by atoms with Gasteiger partial charge in [-0.2, -0.15) is 13.2 Å². The molecule has 6 nitrogen and oxygen atoms in total. The first-order valence-electron chi connectivity index (χ1n) is 11.4. The number of rotatable bonds is 8. The first-order chi connectivity index (χ1) is 15.8. The molecule has 0 spiro atoms. The summed E-state index contributed by atoms with van der Waals surface area (Å²) < 4.78 is 45.6. The Bertz CT molecular complexity index is 989. The van der Waals surface area contributed by atoms with Crippen LogP contribution in [0.3, 0.4) is 0 Å². The molecule has 33 heavy (non-hydrogen) atoms. The number of fused-ring (bicyclic) bond motifs is 1. The Kier molecular flexibility index (Phi) is 7.07. The van der Waals surface area contributed by atoms with Crippen molar-refractivity contribution in [2.75, 3.05) is 44.2 Å². The second kappa shape index (κ2) is 9.99. The summed E-state index contributed by atoms with van der Waals surface area (Å²) in [4.78, 5) is 15.0. The maximum Gasteiger partial charge on any atom is 0.418 e. The molecule has 0 saturated carbocycles. The number of benzene rings is 2. The number of unbranched alkanes of at least 4 members (excludes halogenated alkanes) is 1. The predicted octanol–water partition coefficient (Wildman–Crippen LogP) is 5.08. The van der Waals surface area contributed by atoms with Crippen LogP contribution in [0.15, 0.2) is 36.4 Å². The number of nitro groups is 1. The number of hydrogen-bond donors (Lipinski definition) is 0. The molecule has 2 aliphatic rings. The number of para-hydroxylation sites is 1. The molecule has 0 N–H and O–H groups in total. The fourth-order valence-corrected chi connectivity index (χ4v) is 4.67. The molecule has 4 rings (SSSR count). The third kappa shape index (κ3) is 5.58. The number of alkyl halides is 3. The lowest BCUT2D eigenvalue weighted by Crippen LogP contribution is -2.47. The molecule has 1 heterocycles. The van der Waals surface area contributed by atoms with Gasteiger partial charge in [-0.15, -0.1) is 0 Å². The third-order valence-electron chi connectivity index (χ3n) is 6.42. The quantitative estimate of drug-likeness (QED) is 0.310. The Morgan fingerprint density at radius 1 is 1.00 bits per heavy atom. The van der Waals surface area contributed by atoms with Crippen LogP contribution in [0.2, 0.25) is 0 Å². The zero-order chi connectivity index (χ0) is 23.4. The zero-order valence-electron chi connectivity index (χ0n) is 18.4. The standard InChI is InChI=1S/C24H28F3N3O3/c25-24(26,27)20-8-1-2-9-21(20)29-13-11-28(12-14-29)10-3-4-15-33-23-17-19-7-5-6-18(19)16-22(23)30(31)32/h1-2,8-9,16-17H,3-7,10-15H2. The van der Waals surface area contributed by atoms with E-state index in [0.29, 0.717) is 38.5 Å². The van der Waals surface area contributed by atoms with Crippen molar-refractivity contribution in [1.29, 1.82) is 0 Å². The second-order valence-electron chi connectivity index (χ2n) is 8.60. The molecule has 2 aromatic rings. The molecule has 178 valence electrons. The van der Waals surface area contributed by atoms with Gasteiger partial charge in [0.25, 0.3) is 0 Å². The van der Waals surface area contributed by atoms with E-state index in [9.17, 15) is 23.3 Å². The Morgan fingerprint density at radius 2 is 1.70 bits per heavy atom. The van der Waals surface area contributed by atoms with Crippen LogP contribution in [0, 0.1) is 10.1 Å². The van der Waals surface area contributed by atoms with Gasteiger partial charge < -0.3 is 9.64 Å². The van der Waals surface area contributed by atoms with Crippen molar-refractivity contribution in [1.82, 2.24) is 4.90 Å². The van der Waals surface area contributed by atoms with Gasteiger partial charge in [-0.05, 0) is 68.0 Å². The molecular formula is C24H28F3N3O3. The van der Waals surface area contributed by atoms with E-state index in [1.54, 1.807) is 17.0 Å². The lowest BCUT2D eigenvalue weighted by atomic mass is 10.1. The molecule has 1 saturated heterocycles. The molecule has 0 atom stereocenters. The van der Waals surface area contributed by atoms with Gasteiger partial charge in [-0.3, -0.25) is 15.0 Å². The minimum Gasteiger partial charge on any atom is -0.487 e. The molecule has 9 heteroatoms. The molecule has 2 aromatic carbocycles. The summed E-state index contributed by atoms with van der Waals surface area (Å²) >= 11 is 0. The topological polar surface area (TPSA) is 58.9 Å². The Labute approximate surface area is 191 Å². The van der Waals surface area contributed by atoms with Gasteiger partial charge in [0.15, 0.2) is 5.75 Å². The Hall–Kier alpha value is -2.81. The van der Waals surface area contributed by atoms with Crippen molar-refractivity contribution in [2.24, 2.45) is 0 Å². The van der Waals surface area contributed by atoms with Crippen LogP contribution in [0.25, 0.3) is 0 Å². The van der Waals surface area contributed by atoms with E-state index in [2.05, 4.69) is 4.90 Å². The first-order valence-corrected chi connectivity index (χ1v) is 11.4. The number of nitrogens with zero attached hydrogens (tertiary/aromatic N) is 3. The van der Waals surface area contributed by atoms with Crippen molar-refractivity contribution in [3.8, 4) is 5.75 Å². The van der Waals surface area contributed by atoms with Crippen LogP contribution in [-0.4, -0.2) is 49.2 Å². The molecule has 0 radical (unpaired) electrons. The Morgan fingerprint density at radius 3 is 2.39 bits per heavy atom. The fourth-order valence-electron chi connectivity index (χ4n) is 4.67. The van der Waals surface area contributed by atoms with Gasteiger partial charge in [0.2, 0.25) is 0 Å². The minimum absolute atomic E-state index is 0.0332. The van der Waals surface area contributed by atoms with Crippen LogP contribution in [-0.2, 0) is 19.0 Å². The average Bonchev–Trinajstić information content (AvgIpc) is 3.25. The van der Waals surface area contributed by atoms with E-state index in [1.165, 1.54) is 12.1 Å². The van der Waals surface area contributed by atoms with E-state index < -0.39 is 11.7 Å². The van der Waals surface area contributed by atoms with E-state index in [-0.39, 0.29) is 16.3 Å². The van der Waals surface area contributed by atoms with Gasteiger partial charge in [0, 0.05) is 37.9 Å². The fraction of sp³-hybridized carbons (Fsp3) is 0.500. The van der Waals surface area contributed by atoms with Crippen molar-refractivity contribution in [3.63, 3.8) is 0 Å². The summed E-state index contributed by atoms with van der Waals surface area (Å²) in [6.45, 7) is 3.71. The van der Waals surface area contributed by atoms with Crippen molar-refractivity contribution < 1.29 is 22.8 Å². The molecule has 0 unspecified atom stereocenters. The Balaban J connectivity index is 1.22. The van der Waals surface area contributed by atoms with E-state index in [4.69, 9.17) is 4.74 Å². The number of ether oxygens (including phenoxy) is 1. The summed E-state index contributed by atoms with van der Waals surface area (Å²) in [5, 5.41) is 11.4. The maximum absolute atomic E-state index is 13.3. The van der Waals surface area contributed by atoms with Gasteiger partial charge in [0.05, 0.1) is 17.1 Å². The van der Waals surface area contributed by atoms with Crippen molar-refractivity contribution in [3.05, 3.63) is 63.2 Å².